The van der Waals surface area contributed by atoms with Crippen molar-refractivity contribution in [1.29, 1.82) is 0 Å². The van der Waals surface area contributed by atoms with Crippen LogP contribution in [0, 0.1) is 19.7 Å². The predicted octanol–water partition coefficient (Wildman–Crippen LogP) is 6.73. The Hall–Kier alpha value is -3.91. The van der Waals surface area contributed by atoms with Gasteiger partial charge in [-0.2, -0.15) is 5.10 Å². The molecule has 3 aromatic carbocycles. The zero-order valence-electron chi connectivity index (χ0n) is 23.4. The Kier molecular flexibility index (Phi) is 7.55. The lowest BCUT2D eigenvalue weighted by atomic mass is 9.87. The first kappa shape index (κ1) is 27.6. The second kappa shape index (κ2) is 10.9. The van der Waals surface area contributed by atoms with Crippen molar-refractivity contribution < 1.29 is 14.0 Å². The standard InChI is InChI=1S/C32H33FN4O2S/c1-20-9-13-24(14-10-20)34-26(38)18-36-27(39)19-40-29(22-8-6-7-21(2)17-22)28-30(32(3,4)5)35-37(31(28)36)25-15-11-23(33)12-16-25/h6-17,29H,18-19H2,1-5H3,(H,34,38). The van der Waals surface area contributed by atoms with E-state index >= 15 is 0 Å². The normalized spacial score (nSPS) is 15.5. The molecule has 4 aromatic rings. The van der Waals surface area contributed by atoms with Gasteiger partial charge in [-0.15, -0.1) is 11.8 Å². The van der Waals surface area contributed by atoms with Gasteiger partial charge < -0.3 is 5.32 Å². The summed E-state index contributed by atoms with van der Waals surface area (Å²) in [7, 11) is 0. The first-order valence-corrected chi connectivity index (χ1v) is 14.3. The molecule has 0 fully saturated rings. The van der Waals surface area contributed by atoms with Crippen LogP contribution in [-0.2, 0) is 15.0 Å². The summed E-state index contributed by atoms with van der Waals surface area (Å²) in [6, 6.07) is 21.8. The number of carbonyl (C=O) groups is 2. The minimum absolute atomic E-state index is 0.183. The van der Waals surface area contributed by atoms with Crippen LogP contribution in [0.15, 0.2) is 72.8 Å². The van der Waals surface area contributed by atoms with Crippen LogP contribution < -0.4 is 10.2 Å². The Morgan fingerprint density at radius 3 is 2.38 bits per heavy atom. The van der Waals surface area contributed by atoms with Crippen molar-refractivity contribution in [1.82, 2.24) is 9.78 Å². The lowest BCUT2D eigenvalue weighted by Gasteiger charge is -2.24. The minimum Gasteiger partial charge on any atom is -0.325 e. The molecule has 0 saturated carbocycles. The summed E-state index contributed by atoms with van der Waals surface area (Å²) >= 11 is 1.54. The van der Waals surface area contributed by atoms with Gasteiger partial charge in [0.25, 0.3) is 0 Å². The van der Waals surface area contributed by atoms with Gasteiger partial charge in [0, 0.05) is 16.7 Å². The number of halogens is 1. The van der Waals surface area contributed by atoms with Crippen LogP contribution in [0.2, 0.25) is 0 Å². The summed E-state index contributed by atoms with van der Waals surface area (Å²) in [6.45, 7) is 10.1. The SMILES string of the molecule is Cc1ccc(NC(=O)CN2C(=O)CSC(c3cccc(C)c3)c3c(C(C)(C)C)nn(-c4ccc(F)cc4)c32)cc1. The molecule has 1 aromatic heterocycles. The molecule has 2 heterocycles. The molecule has 0 saturated heterocycles. The van der Waals surface area contributed by atoms with E-state index in [-0.39, 0.29) is 40.6 Å². The minimum atomic E-state index is -0.374. The number of aryl methyl sites for hydroxylation is 2. The van der Waals surface area contributed by atoms with Gasteiger partial charge in [-0.25, -0.2) is 9.07 Å². The smallest absolute Gasteiger partial charge is 0.244 e. The summed E-state index contributed by atoms with van der Waals surface area (Å²) in [6.07, 6.45) is 0. The van der Waals surface area contributed by atoms with Crippen LogP contribution in [0.3, 0.4) is 0 Å². The second-order valence-electron chi connectivity index (χ2n) is 11.2. The maximum atomic E-state index is 13.9. The van der Waals surface area contributed by atoms with Crippen molar-refractivity contribution >= 4 is 35.1 Å². The van der Waals surface area contributed by atoms with Crippen molar-refractivity contribution in [2.75, 3.05) is 22.5 Å². The van der Waals surface area contributed by atoms with Gasteiger partial charge in [-0.3, -0.25) is 14.5 Å². The summed E-state index contributed by atoms with van der Waals surface area (Å²) < 4.78 is 15.6. The van der Waals surface area contributed by atoms with E-state index in [1.54, 1.807) is 16.8 Å². The molecule has 0 radical (unpaired) electrons. The highest BCUT2D eigenvalue weighted by molar-refractivity contribution is 8.00. The Morgan fingerprint density at radius 1 is 1.02 bits per heavy atom. The number of benzene rings is 3. The third-order valence-electron chi connectivity index (χ3n) is 6.85. The first-order chi connectivity index (χ1) is 19.0. The Labute approximate surface area is 238 Å². The van der Waals surface area contributed by atoms with E-state index in [9.17, 15) is 14.0 Å². The quantitative estimate of drug-likeness (QED) is 0.296. The van der Waals surface area contributed by atoms with E-state index in [1.165, 1.54) is 28.8 Å². The van der Waals surface area contributed by atoms with E-state index < -0.39 is 0 Å². The lowest BCUT2D eigenvalue weighted by molar-refractivity contribution is -0.120. The predicted molar refractivity (Wildman–Crippen MR) is 160 cm³/mol. The van der Waals surface area contributed by atoms with Gasteiger partial charge >= 0.3 is 0 Å². The summed E-state index contributed by atoms with van der Waals surface area (Å²) in [5.74, 6) is -0.137. The Bertz CT molecular complexity index is 1560. The zero-order chi connectivity index (χ0) is 28.6. The topological polar surface area (TPSA) is 67.2 Å². The number of aromatic nitrogens is 2. The maximum absolute atomic E-state index is 13.9. The fraction of sp³-hybridized carbons (Fsp3) is 0.281. The molecule has 1 N–H and O–H groups in total. The Morgan fingerprint density at radius 2 is 1.73 bits per heavy atom. The van der Waals surface area contributed by atoms with Gasteiger partial charge in [-0.1, -0.05) is 68.3 Å². The van der Waals surface area contributed by atoms with Crippen LogP contribution >= 0.6 is 11.8 Å². The molecule has 0 spiro atoms. The highest BCUT2D eigenvalue weighted by Gasteiger charge is 2.40. The number of carbonyl (C=O) groups excluding carboxylic acids is 2. The van der Waals surface area contributed by atoms with Gasteiger partial charge in [0.05, 0.1) is 22.4 Å². The number of anilines is 2. The van der Waals surface area contributed by atoms with Crippen molar-refractivity contribution in [3.63, 3.8) is 0 Å². The number of nitrogens with one attached hydrogen (secondary N) is 1. The molecule has 8 heteroatoms. The van der Waals surface area contributed by atoms with Crippen molar-refractivity contribution in [2.45, 2.75) is 45.3 Å². The molecule has 1 aliphatic heterocycles. The zero-order valence-corrected chi connectivity index (χ0v) is 24.2. The largest absolute Gasteiger partial charge is 0.325 e. The van der Waals surface area contributed by atoms with Gasteiger partial charge in [0.1, 0.15) is 18.2 Å². The van der Waals surface area contributed by atoms with E-state index in [0.717, 1.165) is 27.9 Å². The molecule has 2 amide bonds. The molecule has 0 aliphatic carbocycles. The molecule has 40 heavy (non-hydrogen) atoms. The van der Waals surface area contributed by atoms with Gasteiger partial charge in [0.15, 0.2) is 0 Å². The monoisotopic (exact) mass is 556 g/mol. The number of nitrogens with zero attached hydrogens (tertiary/aromatic N) is 3. The number of fused-ring (bicyclic) bond motifs is 1. The number of hydrogen-bond donors (Lipinski definition) is 1. The molecular weight excluding hydrogens is 523 g/mol. The fourth-order valence-corrected chi connectivity index (χ4v) is 6.10. The number of amides is 2. The van der Waals surface area contributed by atoms with Crippen LogP contribution in [0.5, 0.6) is 0 Å². The third kappa shape index (κ3) is 5.68. The fourth-order valence-electron chi connectivity index (χ4n) is 4.91. The van der Waals surface area contributed by atoms with Crippen LogP contribution in [-0.4, -0.2) is 33.9 Å². The molecule has 6 nitrogen and oxygen atoms in total. The summed E-state index contributed by atoms with van der Waals surface area (Å²) in [4.78, 5) is 28.6. The molecule has 1 aliphatic rings. The highest BCUT2D eigenvalue weighted by atomic mass is 32.2. The highest BCUT2D eigenvalue weighted by Crippen LogP contribution is 2.48. The molecular formula is C32H33FN4O2S. The number of hydrogen-bond acceptors (Lipinski definition) is 4. The summed E-state index contributed by atoms with van der Waals surface area (Å²) in [5.41, 5.74) is 5.88. The van der Waals surface area contributed by atoms with Gasteiger partial charge in [-0.05, 0) is 55.8 Å². The van der Waals surface area contributed by atoms with Crippen LogP contribution in [0.1, 0.15) is 54.0 Å². The Balaban J connectivity index is 1.69. The average Bonchev–Trinajstić information content (AvgIpc) is 3.24. The molecule has 1 atom stereocenters. The van der Waals surface area contributed by atoms with Crippen LogP contribution in [0.25, 0.3) is 5.69 Å². The first-order valence-electron chi connectivity index (χ1n) is 13.3. The van der Waals surface area contributed by atoms with E-state index in [2.05, 4.69) is 38.2 Å². The molecule has 1 unspecified atom stereocenters. The molecule has 5 rings (SSSR count). The van der Waals surface area contributed by atoms with Crippen molar-refractivity contribution in [3.05, 3.63) is 107 Å². The van der Waals surface area contributed by atoms with Gasteiger partial charge in [0.2, 0.25) is 11.8 Å². The second-order valence-corrected chi connectivity index (χ2v) is 12.3. The lowest BCUT2D eigenvalue weighted by Crippen LogP contribution is -2.40. The number of thioether (sulfide) groups is 1. The summed E-state index contributed by atoms with van der Waals surface area (Å²) in [5, 5.41) is 7.78. The van der Waals surface area contributed by atoms with E-state index in [1.807, 2.05) is 50.2 Å². The van der Waals surface area contributed by atoms with Crippen molar-refractivity contribution in [3.8, 4) is 5.69 Å². The molecule has 0 bridgehead atoms. The molecule has 206 valence electrons. The van der Waals surface area contributed by atoms with Crippen LogP contribution in [0.4, 0.5) is 15.9 Å². The maximum Gasteiger partial charge on any atom is 0.244 e. The third-order valence-corrected chi connectivity index (χ3v) is 8.11. The van der Waals surface area contributed by atoms with E-state index in [0.29, 0.717) is 17.2 Å². The average molecular weight is 557 g/mol. The number of rotatable bonds is 5. The van der Waals surface area contributed by atoms with E-state index in [4.69, 9.17) is 5.10 Å². The van der Waals surface area contributed by atoms with Crippen molar-refractivity contribution in [2.24, 2.45) is 0 Å².